The van der Waals surface area contributed by atoms with Crippen LogP contribution in [0.3, 0.4) is 0 Å². The van der Waals surface area contributed by atoms with Crippen molar-refractivity contribution in [2.24, 2.45) is 5.92 Å². The van der Waals surface area contributed by atoms with Gasteiger partial charge in [-0.1, -0.05) is 54.6 Å². The number of non-ortho nitro benzene ring substituents is 1. The fourth-order valence-corrected chi connectivity index (χ4v) is 5.74. The quantitative estimate of drug-likeness (QED) is 0.205. The molecule has 4 nitrogen and oxygen atoms in total. The molecule has 5 rings (SSSR count). The minimum atomic E-state index is -0.313. The second kappa shape index (κ2) is 8.23. The molecule has 3 atom stereocenters. The van der Waals surface area contributed by atoms with Gasteiger partial charge in [-0.05, 0) is 53.6 Å². The number of anilines is 1. The maximum absolute atomic E-state index is 11.3. The predicted octanol–water partition coefficient (Wildman–Crippen LogP) is 7.02. The molecule has 156 valence electrons. The first-order valence-corrected chi connectivity index (χ1v) is 11.6. The molecule has 3 aromatic carbocycles. The van der Waals surface area contributed by atoms with Gasteiger partial charge in [-0.25, -0.2) is 0 Å². The van der Waals surface area contributed by atoms with Crippen molar-refractivity contribution in [2.45, 2.75) is 36.0 Å². The molecule has 5 heteroatoms. The van der Waals surface area contributed by atoms with Crippen LogP contribution < -0.4 is 5.32 Å². The standard InChI is InChI=1S/C26H24N2O2S/c1-17-13-18(16-31-21-9-3-2-4-10-21)14-24-22-11-6-12-23(22)26(27-25(17)24)19-7-5-8-20(15-19)28(29)30/h2-11,13-15,22-23,26-27H,12,16H2,1H3/t22-,23+,26+/m0/s1. The Hall–Kier alpha value is -3.05. The number of thioether (sulfide) groups is 1. The third-order valence-corrected chi connectivity index (χ3v) is 7.40. The van der Waals surface area contributed by atoms with Crippen LogP contribution >= 0.6 is 11.8 Å². The van der Waals surface area contributed by atoms with Crippen LogP contribution in [0, 0.1) is 23.0 Å². The molecule has 1 heterocycles. The van der Waals surface area contributed by atoms with E-state index in [4.69, 9.17) is 0 Å². The van der Waals surface area contributed by atoms with E-state index >= 15 is 0 Å². The number of nitrogens with zero attached hydrogens (tertiary/aromatic N) is 1. The maximum atomic E-state index is 11.3. The number of aryl methyl sites for hydroxylation is 1. The topological polar surface area (TPSA) is 55.2 Å². The number of allylic oxidation sites excluding steroid dienone is 2. The molecule has 0 spiro atoms. The molecular formula is C26H24N2O2S. The van der Waals surface area contributed by atoms with Crippen LogP contribution in [0.15, 0.2) is 83.8 Å². The molecule has 0 fully saturated rings. The van der Waals surface area contributed by atoms with E-state index in [1.165, 1.54) is 27.3 Å². The zero-order valence-electron chi connectivity index (χ0n) is 17.3. The molecule has 1 aliphatic heterocycles. The normalized spacial score (nSPS) is 21.3. The van der Waals surface area contributed by atoms with E-state index in [2.05, 4.69) is 60.8 Å². The van der Waals surface area contributed by atoms with Crippen LogP contribution in [0.2, 0.25) is 0 Å². The molecule has 0 saturated carbocycles. The van der Waals surface area contributed by atoms with Gasteiger partial charge in [0, 0.05) is 34.4 Å². The monoisotopic (exact) mass is 428 g/mol. The fourth-order valence-electron chi connectivity index (χ4n) is 4.89. The first-order chi connectivity index (χ1) is 15.1. The summed E-state index contributed by atoms with van der Waals surface area (Å²) in [7, 11) is 0. The average molecular weight is 429 g/mol. The molecule has 1 N–H and O–H groups in total. The van der Waals surface area contributed by atoms with Gasteiger partial charge in [0.2, 0.25) is 0 Å². The summed E-state index contributed by atoms with van der Waals surface area (Å²) in [5.74, 6) is 1.64. The summed E-state index contributed by atoms with van der Waals surface area (Å²) in [6, 6.07) is 22.3. The van der Waals surface area contributed by atoms with Gasteiger partial charge in [0.1, 0.15) is 0 Å². The van der Waals surface area contributed by atoms with Crippen molar-refractivity contribution < 1.29 is 4.92 Å². The van der Waals surface area contributed by atoms with E-state index in [0.717, 1.165) is 17.7 Å². The maximum Gasteiger partial charge on any atom is 0.269 e. The Labute approximate surface area is 186 Å². The fraction of sp³-hybridized carbons (Fsp3) is 0.231. The zero-order chi connectivity index (χ0) is 21.4. The molecule has 0 amide bonds. The predicted molar refractivity (Wildman–Crippen MR) is 127 cm³/mol. The second-order valence-electron chi connectivity index (χ2n) is 8.31. The molecule has 0 unspecified atom stereocenters. The number of hydrogen-bond acceptors (Lipinski definition) is 4. The summed E-state index contributed by atoms with van der Waals surface area (Å²) in [4.78, 5) is 12.3. The lowest BCUT2D eigenvalue weighted by molar-refractivity contribution is -0.384. The van der Waals surface area contributed by atoms with Gasteiger partial charge >= 0.3 is 0 Å². The van der Waals surface area contributed by atoms with Crippen molar-refractivity contribution in [1.82, 2.24) is 0 Å². The highest BCUT2D eigenvalue weighted by atomic mass is 32.2. The number of nitro benzene ring substituents is 1. The van der Waals surface area contributed by atoms with Crippen LogP contribution in [-0.4, -0.2) is 4.92 Å². The largest absolute Gasteiger partial charge is 0.377 e. The lowest BCUT2D eigenvalue weighted by atomic mass is 9.76. The van der Waals surface area contributed by atoms with Crippen molar-refractivity contribution in [3.05, 3.63) is 111 Å². The van der Waals surface area contributed by atoms with Crippen molar-refractivity contribution in [3.8, 4) is 0 Å². The van der Waals surface area contributed by atoms with Gasteiger partial charge in [0.05, 0.1) is 11.0 Å². The third-order valence-electron chi connectivity index (χ3n) is 6.31. The van der Waals surface area contributed by atoms with Crippen molar-refractivity contribution in [3.63, 3.8) is 0 Å². The van der Waals surface area contributed by atoms with E-state index in [9.17, 15) is 10.1 Å². The zero-order valence-corrected chi connectivity index (χ0v) is 18.1. The van der Waals surface area contributed by atoms with E-state index in [0.29, 0.717) is 11.8 Å². The first-order valence-electron chi connectivity index (χ1n) is 10.6. The number of fused-ring (bicyclic) bond motifs is 3. The summed E-state index contributed by atoms with van der Waals surface area (Å²) in [5, 5.41) is 15.0. The number of nitrogens with one attached hydrogen (secondary N) is 1. The SMILES string of the molecule is Cc1cc(CSc2ccccc2)cc2c1N[C@H](c1cccc([N+](=O)[O-])c1)[C@@H]1CC=C[C@H]21. The highest BCUT2D eigenvalue weighted by Gasteiger charge is 2.38. The van der Waals surface area contributed by atoms with Crippen LogP contribution in [0.4, 0.5) is 11.4 Å². The second-order valence-corrected chi connectivity index (χ2v) is 9.36. The highest BCUT2D eigenvalue weighted by Crippen LogP contribution is 2.51. The lowest BCUT2D eigenvalue weighted by Crippen LogP contribution is -2.29. The van der Waals surface area contributed by atoms with E-state index in [-0.39, 0.29) is 16.7 Å². The van der Waals surface area contributed by atoms with Crippen molar-refractivity contribution in [2.75, 3.05) is 5.32 Å². The van der Waals surface area contributed by atoms with Crippen LogP contribution in [0.25, 0.3) is 0 Å². The summed E-state index contributed by atoms with van der Waals surface area (Å²) in [6.07, 6.45) is 5.56. The molecule has 0 saturated heterocycles. The highest BCUT2D eigenvalue weighted by molar-refractivity contribution is 7.98. The smallest absolute Gasteiger partial charge is 0.269 e. The van der Waals surface area contributed by atoms with E-state index in [1.807, 2.05) is 23.9 Å². The summed E-state index contributed by atoms with van der Waals surface area (Å²) in [5.41, 5.74) is 6.23. The van der Waals surface area contributed by atoms with Crippen molar-refractivity contribution >= 4 is 23.1 Å². The Bertz CT molecular complexity index is 1160. The lowest BCUT2D eigenvalue weighted by Gasteiger charge is -2.38. The molecule has 2 aliphatic rings. The Morgan fingerprint density at radius 3 is 2.74 bits per heavy atom. The van der Waals surface area contributed by atoms with E-state index < -0.39 is 0 Å². The number of rotatable bonds is 5. The molecule has 0 radical (unpaired) electrons. The van der Waals surface area contributed by atoms with E-state index in [1.54, 1.807) is 18.2 Å². The molecule has 0 bridgehead atoms. The molecule has 0 aromatic heterocycles. The van der Waals surface area contributed by atoms with Gasteiger partial charge in [-0.3, -0.25) is 10.1 Å². The number of benzene rings is 3. The third kappa shape index (κ3) is 3.86. The Morgan fingerprint density at radius 2 is 1.94 bits per heavy atom. The molecular weight excluding hydrogens is 404 g/mol. The summed E-state index contributed by atoms with van der Waals surface area (Å²) in [6.45, 7) is 2.16. The first kappa shape index (κ1) is 19.9. The van der Waals surface area contributed by atoms with Crippen LogP contribution in [0.1, 0.15) is 40.6 Å². The molecule has 31 heavy (non-hydrogen) atoms. The van der Waals surface area contributed by atoms with Gasteiger partial charge in [0.25, 0.3) is 5.69 Å². The molecule has 1 aliphatic carbocycles. The van der Waals surface area contributed by atoms with Gasteiger partial charge < -0.3 is 5.32 Å². The Balaban J connectivity index is 1.47. The minimum Gasteiger partial charge on any atom is -0.377 e. The van der Waals surface area contributed by atoms with Crippen LogP contribution in [0.5, 0.6) is 0 Å². The van der Waals surface area contributed by atoms with Gasteiger partial charge in [0.15, 0.2) is 0 Å². The number of nitro groups is 1. The average Bonchev–Trinajstić information content (AvgIpc) is 3.28. The summed E-state index contributed by atoms with van der Waals surface area (Å²) >= 11 is 1.86. The summed E-state index contributed by atoms with van der Waals surface area (Å²) < 4.78 is 0. The van der Waals surface area contributed by atoms with Crippen LogP contribution in [-0.2, 0) is 5.75 Å². The Kier molecular flexibility index (Phi) is 5.28. The Morgan fingerprint density at radius 1 is 1.10 bits per heavy atom. The van der Waals surface area contributed by atoms with Crippen molar-refractivity contribution in [1.29, 1.82) is 0 Å². The molecule has 3 aromatic rings. The number of hydrogen-bond donors (Lipinski definition) is 1. The van der Waals surface area contributed by atoms with Gasteiger partial charge in [-0.2, -0.15) is 0 Å². The van der Waals surface area contributed by atoms with Gasteiger partial charge in [-0.15, -0.1) is 11.8 Å². The minimum absolute atomic E-state index is 0.0654.